The summed E-state index contributed by atoms with van der Waals surface area (Å²) >= 11 is 0. The molecule has 138 valence electrons. The molecule has 0 spiro atoms. The summed E-state index contributed by atoms with van der Waals surface area (Å²) in [6, 6.07) is 8.36. The molecule has 0 unspecified atom stereocenters. The number of aromatic nitrogens is 2. The van der Waals surface area contributed by atoms with Crippen LogP contribution in [0.4, 0.5) is 0 Å². The van der Waals surface area contributed by atoms with Gasteiger partial charge in [-0.1, -0.05) is 0 Å². The maximum Gasteiger partial charge on any atom is 0.341 e. The first-order valence-electron chi connectivity index (χ1n) is 9.32. The van der Waals surface area contributed by atoms with E-state index in [9.17, 15) is 4.79 Å². The van der Waals surface area contributed by atoms with Gasteiger partial charge in [-0.15, -0.1) is 0 Å². The van der Waals surface area contributed by atoms with Crippen LogP contribution in [0.1, 0.15) is 42.2 Å². The molecule has 2 aromatic rings. The number of benzene rings is 1. The molecule has 2 fully saturated rings. The van der Waals surface area contributed by atoms with E-state index < -0.39 is 0 Å². The van der Waals surface area contributed by atoms with Crippen molar-refractivity contribution >= 4 is 5.97 Å². The molecule has 0 amide bonds. The molecule has 0 N–H and O–H groups in total. The maximum atomic E-state index is 12.4. The maximum absolute atomic E-state index is 12.4. The molecule has 1 aliphatic carbocycles. The molecule has 26 heavy (non-hydrogen) atoms. The molecule has 6 nitrogen and oxygen atoms in total. The minimum absolute atomic E-state index is 0.299. The van der Waals surface area contributed by atoms with E-state index in [1.165, 1.54) is 19.3 Å². The van der Waals surface area contributed by atoms with Crippen molar-refractivity contribution in [3.8, 4) is 11.4 Å². The summed E-state index contributed by atoms with van der Waals surface area (Å²) < 4.78 is 12.3. The van der Waals surface area contributed by atoms with Gasteiger partial charge in [-0.3, -0.25) is 4.90 Å². The smallest absolute Gasteiger partial charge is 0.341 e. The van der Waals surface area contributed by atoms with Crippen molar-refractivity contribution in [2.45, 2.75) is 38.8 Å². The highest BCUT2D eigenvalue weighted by molar-refractivity contribution is 5.90. The van der Waals surface area contributed by atoms with E-state index in [4.69, 9.17) is 9.47 Å². The molecular formula is C20H25N3O3. The predicted molar refractivity (Wildman–Crippen MR) is 97.6 cm³/mol. The van der Waals surface area contributed by atoms with Crippen LogP contribution >= 0.6 is 0 Å². The van der Waals surface area contributed by atoms with Gasteiger partial charge in [0.25, 0.3) is 0 Å². The van der Waals surface area contributed by atoms with Crippen LogP contribution in [0, 0.1) is 5.92 Å². The number of piperidine rings is 1. The number of esters is 1. The Morgan fingerprint density at radius 1 is 1.27 bits per heavy atom. The summed E-state index contributed by atoms with van der Waals surface area (Å²) in [5, 5.41) is 4.50. The van der Waals surface area contributed by atoms with Crippen molar-refractivity contribution in [1.82, 2.24) is 14.7 Å². The molecule has 1 saturated heterocycles. The van der Waals surface area contributed by atoms with Gasteiger partial charge >= 0.3 is 5.97 Å². The van der Waals surface area contributed by atoms with Crippen molar-refractivity contribution in [3.05, 3.63) is 41.7 Å². The zero-order valence-electron chi connectivity index (χ0n) is 15.4. The number of carbonyl (C=O) groups is 1. The van der Waals surface area contributed by atoms with E-state index in [1.807, 2.05) is 35.9 Å². The number of ether oxygens (including phenoxy) is 2. The van der Waals surface area contributed by atoms with E-state index >= 15 is 0 Å². The van der Waals surface area contributed by atoms with Crippen molar-refractivity contribution in [2.24, 2.45) is 5.92 Å². The number of hydrogen-bond acceptors (Lipinski definition) is 5. The highest BCUT2D eigenvalue weighted by Gasteiger charge is 2.38. The molecule has 1 aromatic heterocycles. The topological polar surface area (TPSA) is 56.6 Å². The first-order chi connectivity index (χ1) is 12.7. The fourth-order valence-electron chi connectivity index (χ4n) is 4.26. The highest BCUT2D eigenvalue weighted by atomic mass is 16.5. The minimum Gasteiger partial charge on any atom is -0.497 e. The molecule has 2 bridgehead atoms. The standard InChI is InChI=1S/C20H25N3O3/c1-3-26-20(24)18-11-21-23(15-6-8-17(25-2)9-7-15)19(18)13-22-12-14-4-5-16(22)10-14/h6-9,11,14,16H,3-5,10,12-13H2,1-2H3/t14-,16-/m0/s1. The first-order valence-corrected chi connectivity index (χ1v) is 9.32. The van der Waals surface area contributed by atoms with E-state index in [0.717, 1.165) is 36.1 Å². The van der Waals surface area contributed by atoms with E-state index in [1.54, 1.807) is 13.3 Å². The Hall–Kier alpha value is -2.34. The Labute approximate surface area is 153 Å². The van der Waals surface area contributed by atoms with Crippen LogP contribution in [0.25, 0.3) is 5.69 Å². The van der Waals surface area contributed by atoms with Crippen LogP contribution in [0.3, 0.4) is 0 Å². The van der Waals surface area contributed by atoms with Crippen LogP contribution < -0.4 is 4.74 Å². The van der Waals surface area contributed by atoms with Gasteiger partial charge in [0.15, 0.2) is 0 Å². The van der Waals surface area contributed by atoms with Crippen LogP contribution in [0.2, 0.25) is 0 Å². The second-order valence-corrected chi connectivity index (χ2v) is 7.10. The number of methoxy groups -OCH3 is 1. The Bertz CT molecular complexity index is 784. The molecular weight excluding hydrogens is 330 g/mol. The normalized spacial score (nSPS) is 21.9. The van der Waals surface area contributed by atoms with Gasteiger partial charge in [0.2, 0.25) is 0 Å². The molecule has 0 radical (unpaired) electrons. The third-order valence-corrected chi connectivity index (χ3v) is 5.56. The number of nitrogens with zero attached hydrogens (tertiary/aromatic N) is 3. The molecule has 1 saturated carbocycles. The third-order valence-electron chi connectivity index (χ3n) is 5.56. The van der Waals surface area contributed by atoms with Crippen molar-refractivity contribution < 1.29 is 14.3 Å². The van der Waals surface area contributed by atoms with Crippen LogP contribution in [0.15, 0.2) is 30.5 Å². The van der Waals surface area contributed by atoms with E-state index in [-0.39, 0.29) is 5.97 Å². The molecule has 2 aliphatic rings. The summed E-state index contributed by atoms with van der Waals surface area (Å²) in [6.45, 7) is 4.02. The lowest BCUT2D eigenvalue weighted by Gasteiger charge is -2.27. The summed E-state index contributed by atoms with van der Waals surface area (Å²) in [4.78, 5) is 14.9. The molecule has 6 heteroatoms. The lowest BCUT2D eigenvalue weighted by atomic mass is 10.1. The van der Waals surface area contributed by atoms with Gasteiger partial charge in [0.1, 0.15) is 11.3 Å². The summed E-state index contributed by atoms with van der Waals surface area (Å²) in [5.41, 5.74) is 2.38. The molecule has 2 heterocycles. The summed E-state index contributed by atoms with van der Waals surface area (Å²) in [7, 11) is 1.65. The lowest BCUT2D eigenvalue weighted by Crippen LogP contribution is -2.33. The van der Waals surface area contributed by atoms with Crippen LogP contribution in [-0.4, -0.2) is 47.0 Å². The Kier molecular flexibility index (Phi) is 4.68. The van der Waals surface area contributed by atoms with Gasteiger partial charge in [-0.25, -0.2) is 9.48 Å². The quantitative estimate of drug-likeness (QED) is 0.746. The predicted octanol–water partition coefficient (Wildman–Crippen LogP) is 3.04. The van der Waals surface area contributed by atoms with Crippen molar-refractivity contribution in [1.29, 1.82) is 0 Å². The minimum atomic E-state index is -0.299. The fraction of sp³-hybridized carbons (Fsp3) is 0.500. The van der Waals surface area contributed by atoms with Crippen molar-refractivity contribution in [3.63, 3.8) is 0 Å². The Morgan fingerprint density at radius 2 is 2.08 bits per heavy atom. The molecule has 4 rings (SSSR count). The zero-order chi connectivity index (χ0) is 18.1. The van der Waals surface area contributed by atoms with Gasteiger partial charge < -0.3 is 9.47 Å². The second kappa shape index (κ2) is 7.11. The fourth-order valence-corrected chi connectivity index (χ4v) is 4.26. The summed E-state index contributed by atoms with van der Waals surface area (Å²) in [5.74, 6) is 1.31. The largest absolute Gasteiger partial charge is 0.497 e. The first kappa shape index (κ1) is 17.1. The van der Waals surface area contributed by atoms with Gasteiger partial charge in [-0.05, 0) is 56.4 Å². The zero-order valence-corrected chi connectivity index (χ0v) is 15.4. The monoisotopic (exact) mass is 355 g/mol. The average molecular weight is 355 g/mol. The molecule has 1 aliphatic heterocycles. The van der Waals surface area contributed by atoms with Gasteiger partial charge in [0, 0.05) is 19.1 Å². The second-order valence-electron chi connectivity index (χ2n) is 7.10. The lowest BCUT2D eigenvalue weighted by molar-refractivity contribution is 0.0523. The molecule has 2 atom stereocenters. The number of hydrogen-bond donors (Lipinski definition) is 0. The van der Waals surface area contributed by atoms with Gasteiger partial charge in [-0.2, -0.15) is 5.10 Å². The van der Waals surface area contributed by atoms with E-state index in [0.29, 0.717) is 18.2 Å². The van der Waals surface area contributed by atoms with Crippen LogP contribution in [0.5, 0.6) is 5.75 Å². The van der Waals surface area contributed by atoms with Gasteiger partial charge in [0.05, 0.1) is 31.3 Å². The Morgan fingerprint density at radius 3 is 2.69 bits per heavy atom. The number of likely N-dealkylation sites (tertiary alicyclic amines) is 1. The van der Waals surface area contributed by atoms with Crippen molar-refractivity contribution in [2.75, 3.05) is 20.3 Å². The third kappa shape index (κ3) is 3.09. The number of fused-ring (bicyclic) bond motifs is 2. The highest BCUT2D eigenvalue weighted by Crippen LogP contribution is 2.38. The molecule has 1 aromatic carbocycles. The summed E-state index contributed by atoms with van der Waals surface area (Å²) in [6.07, 6.45) is 5.51. The average Bonchev–Trinajstić information content (AvgIpc) is 3.38. The number of carbonyl (C=O) groups excluding carboxylic acids is 1. The van der Waals surface area contributed by atoms with Crippen LogP contribution in [-0.2, 0) is 11.3 Å². The SMILES string of the molecule is CCOC(=O)c1cnn(-c2ccc(OC)cc2)c1CN1C[C@H]2CC[C@H]1C2. The number of rotatable bonds is 6. The van der Waals surface area contributed by atoms with E-state index in [2.05, 4.69) is 10.00 Å². The Balaban J connectivity index is 1.67.